The zero-order valence-corrected chi connectivity index (χ0v) is 12.7. The fourth-order valence-corrected chi connectivity index (χ4v) is 2.17. The summed E-state index contributed by atoms with van der Waals surface area (Å²) in [6.07, 6.45) is 1.02. The van der Waals surface area contributed by atoms with Gasteiger partial charge in [-0.25, -0.2) is 0 Å². The largest absolute Gasteiger partial charge is 0.484 e. The molecular formula is C18H18N2O2. The van der Waals surface area contributed by atoms with Gasteiger partial charge in [0.1, 0.15) is 5.75 Å². The van der Waals surface area contributed by atoms with Crippen LogP contribution in [0.3, 0.4) is 0 Å². The van der Waals surface area contributed by atoms with Gasteiger partial charge in [0.05, 0.1) is 0 Å². The number of benzene rings is 2. The van der Waals surface area contributed by atoms with E-state index >= 15 is 0 Å². The van der Waals surface area contributed by atoms with Crippen LogP contribution < -0.4 is 4.74 Å². The molecule has 0 aliphatic carbocycles. The number of hydrogen-bond acceptors (Lipinski definition) is 4. The molecular weight excluding hydrogens is 276 g/mol. The third-order valence-corrected chi connectivity index (χ3v) is 3.43. The van der Waals surface area contributed by atoms with Gasteiger partial charge < -0.3 is 9.15 Å². The fraction of sp³-hybridized carbons (Fsp3) is 0.222. The Balaban J connectivity index is 1.66. The molecule has 1 heterocycles. The number of aryl methyl sites for hydroxylation is 2. The Kier molecular flexibility index (Phi) is 4.19. The molecule has 0 saturated heterocycles. The molecule has 2 aromatic carbocycles. The summed E-state index contributed by atoms with van der Waals surface area (Å²) >= 11 is 0. The normalized spacial score (nSPS) is 10.6. The lowest BCUT2D eigenvalue weighted by Gasteiger charge is -2.03. The molecule has 0 aliphatic heterocycles. The van der Waals surface area contributed by atoms with Gasteiger partial charge in [-0.15, -0.1) is 10.2 Å². The minimum Gasteiger partial charge on any atom is -0.484 e. The standard InChI is InChI=1S/C18H18N2O2/c1-3-14-7-9-16(10-8-14)21-12-17-19-20-18(22-17)15-6-4-5-13(2)11-15/h4-11H,3,12H2,1-2H3. The van der Waals surface area contributed by atoms with Crippen LogP contribution in [-0.2, 0) is 13.0 Å². The van der Waals surface area contributed by atoms with E-state index in [1.807, 2.05) is 43.3 Å². The molecule has 0 fully saturated rings. The van der Waals surface area contributed by atoms with Crippen LogP contribution in [-0.4, -0.2) is 10.2 Å². The van der Waals surface area contributed by atoms with Crippen LogP contribution in [0.25, 0.3) is 11.5 Å². The van der Waals surface area contributed by atoms with Gasteiger partial charge in [0, 0.05) is 5.56 Å². The number of ether oxygens (including phenoxy) is 1. The molecule has 3 rings (SSSR count). The van der Waals surface area contributed by atoms with Gasteiger partial charge in [0.2, 0.25) is 5.89 Å². The number of nitrogens with zero attached hydrogens (tertiary/aromatic N) is 2. The molecule has 0 atom stereocenters. The first-order valence-corrected chi connectivity index (χ1v) is 7.36. The molecule has 4 nitrogen and oxygen atoms in total. The maximum atomic E-state index is 5.67. The molecule has 0 bridgehead atoms. The second-order valence-corrected chi connectivity index (χ2v) is 5.16. The van der Waals surface area contributed by atoms with Crippen LogP contribution in [0.1, 0.15) is 23.9 Å². The average molecular weight is 294 g/mol. The highest BCUT2D eigenvalue weighted by molar-refractivity contribution is 5.53. The van der Waals surface area contributed by atoms with Crippen molar-refractivity contribution in [2.24, 2.45) is 0 Å². The molecule has 0 N–H and O–H groups in total. The predicted molar refractivity (Wildman–Crippen MR) is 84.6 cm³/mol. The van der Waals surface area contributed by atoms with Gasteiger partial charge in [0.15, 0.2) is 6.61 Å². The lowest BCUT2D eigenvalue weighted by atomic mass is 10.1. The molecule has 1 aromatic heterocycles. The van der Waals surface area contributed by atoms with E-state index in [0.29, 0.717) is 11.8 Å². The molecule has 0 aliphatic rings. The molecule has 112 valence electrons. The maximum absolute atomic E-state index is 5.67. The van der Waals surface area contributed by atoms with Gasteiger partial charge >= 0.3 is 0 Å². The maximum Gasteiger partial charge on any atom is 0.254 e. The summed E-state index contributed by atoms with van der Waals surface area (Å²) in [5.74, 6) is 1.78. The number of hydrogen-bond donors (Lipinski definition) is 0. The van der Waals surface area contributed by atoms with Crippen LogP contribution in [0.2, 0.25) is 0 Å². The van der Waals surface area contributed by atoms with Crippen LogP contribution in [0, 0.1) is 6.92 Å². The molecule has 0 spiro atoms. The first-order chi connectivity index (χ1) is 10.7. The molecule has 0 amide bonds. The van der Waals surface area contributed by atoms with E-state index < -0.39 is 0 Å². The van der Waals surface area contributed by atoms with E-state index in [1.54, 1.807) is 0 Å². The Morgan fingerprint density at radius 3 is 2.59 bits per heavy atom. The van der Waals surface area contributed by atoms with Crippen LogP contribution in [0.15, 0.2) is 52.9 Å². The van der Waals surface area contributed by atoms with Crippen molar-refractivity contribution in [2.75, 3.05) is 0 Å². The Morgan fingerprint density at radius 1 is 1.05 bits per heavy atom. The first kappa shape index (κ1) is 14.3. The van der Waals surface area contributed by atoms with Crippen molar-refractivity contribution >= 4 is 0 Å². The van der Waals surface area contributed by atoms with Crippen molar-refractivity contribution < 1.29 is 9.15 Å². The van der Waals surface area contributed by atoms with Crippen LogP contribution in [0.5, 0.6) is 5.75 Å². The quantitative estimate of drug-likeness (QED) is 0.708. The fourth-order valence-electron chi connectivity index (χ4n) is 2.17. The van der Waals surface area contributed by atoms with Crippen molar-refractivity contribution in [3.05, 3.63) is 65.5 Å². The summed E-state index contributed by atoms with van der Waals surface area (Å²) < 4.78 is 11.3. The van der Waals surface area contributed by atoms with E-state index in [2.05, 4.69) is 29.3 Å². The average Bonchev–Trinajstić information content (AvgIpc) is 3.02. The van der Waals surface area contributed by atoms with Gasteiger partial charge in [-0.05, 0) is 43.2 Å². The Hall–Kier alpha value is -2.62. The number of aromatic nitrogens is 2. The summed E-state index contributed by atoms with van der Waals surface area (Å²) in [4.78, 5) is 0. The van der Waals surface area contributed by atoms with Gasteiger partial charge in [-0.1, -0.05) is 36.8 Å². The molecule has 4 heteroatoms. The highest BCUT2D eigenvalue weighted by Gasteiger charge is 2.09. The van der Waals surface area contributed by atoms with Gasteiger partial charge in [0.25, 0.3) is 5.89 Å². The van der Waals surface area contributed by atoms with Crippen LogP contribution >= 0.6 is 0 Å². The van der Waals surface area contributed by atoms with E-state index in [1.165, 1.54) is 5.56 Å². The van der Waals surface area contributed by atoms with E-state index in [0.717, 1.165) is 23.3 Å². The topological polar surface area (TPSA) is 48.2 Å². The van der Waals surface area contributed by atoms with Gasteiger partial charge in [-0.3, -0.25) is 0 Å². The lowest BCUT2D eigenvalue weighted by molar-refractivity contribution is 0.264. The summed E-state index contributed by atoms with van der Waals surface area (Å²) in [5, 5.41) is 8.10. The summed E-state index contributed by atoms with van der Waals surface area (Å²) in [6, 6.07) is 16.0. The highest BCUT2D eigenvalue weighted by atomic mass is 16.5. The van der Waals surface area contributed by atoms with Crippen molar-refractivity contribution in [3.8, 4) is 17.2 Å². The summed E-state index contributed by atoms with van der Waals surface area (Å²) in [7, 11) is 0. The van der Waals surface area contributed by atoms with Gasteiger partial charge in [-0.2, -0.15) is 0 Å². The Bertz CT molecular complexity index is 748. The third-order valence-electron chi connectivity index (χ3n) is 3.43. The van der Waals surface area contributed by atoms with E-state index in [9.17, 15) is 0 Å². The first-order valence-electron chi connectivity index (χ1n) is 7.36. The second-order valence-electron chi connectivity index (χ2n) is 5.16. The molecule has 0 saturated carbocycles. The monoisotopic (exact) mass is 294 g/mol. The minimum atomic E-state index is 0.268. The van der Waals surface area contributed by atoms with E-state index in [-0.39, 0.29) is 6.61 Å². The summed E-state index contributed by atoms with van der Waals surface area (Å²) in [6.45, 7) is 4.43. The molecule has 0 radical (unpaired) electrons. The van der Waals surface area contributed by atoms with Crippen molar-refractivity contribution in [1.29, 1.82) is 0 Å². The second kappa shape index (κ2) is 6.43. The number of rotatable bonds is 5. The lowest BCUT2D eigenvalue weighted by Crippen LogP contribution is -1.95. The van der Waals surface area contributed by atoms with Crippen molar-refractivity contribution in [1.82, 2.24) is 10.2 Å². The SMILES string of the molecule is CCc1ccc(OCc2nnc(-c3cccc(C)c3)o2)cc1. The van der Waals surface area contributed by atoms with E-state index in [4.69, 9.17) is 9.15 Å². The summed E-state index contributed by atoms with van der Waals surface area (Å²) in [5.41, 5.74) is 3.36. The van der Waals surface area contributed by atoms with Crippen molar-refractivity contribution in [3.63, 3.8) is 0 Å². The highest BCUT2D eigenvalue weighted by Crippen LogP contribution is 2.20. The molecule has 3 aromatic rings. The molecule has 0 unspecified atom stereocenters. The minimum absolute atomic E-state index is 0.268. The Labute approximate surface area is 129 Å². The van der Waals surface area contributed by atoms with Crippen LogP contribution in [0.4, 0.5) is 0 Å². The smallest absolute Gasteiger partial charge is 0.254 e. The third kappa shape index (κ3) is 3.34. The zero-order chi connectivity index (χ0) is 15.4. The van der Waals surface area contributed by atoms with Crippen molar-refractivity contribution in [2.45, 2.75) is 26.9 Å². The Morgan fingerprint density at radius 2 is 1.86 bits per heavy atom. The zero-order valence-electron chi connectivity index (χ0n) is 12.7. The predicted octanol–water partition coefficient (Wildman–Crippen LogP) is 4.19. The molecule has 22 heavy (non-hydrogen) atoms.